The Labute approximate surface area is 141 Å². The predicted octanol–water partition coefficient (Wildman–Crippen LogP) is 3.83. The van der Waals surface area contributed by atoms with Crippen LogP contribution >= 0.6 is 11.3 Å². The van der Waals surface area contributed by atoms with Gasteiger partial charge in [0, 0.05) is 16.6 Å². The Balaban J connectivity index is 1.79. The number of anilines is 1. The van der Waals surface area contributed by atoms with Crippen molar-refractivity contribution in [2.45, 2.75) is 13.0 Å². The van der Waals surface area contributed by atoms with Crippen LogP contribution in [0.3, 0.4) is 0 Å². The molecule has 4 aromatic rings. The third-order valence-electron chi connectivity index (χ3n) is 3.70. The molecule has 3 heterocycles. The van der Waals surface area contributed by atoms with E-state index in [-0.39, 0.29) is 11.9 Å². The summed E-state index contributed by atoms with van der Waals surface area (Å²) in [6.07, 6.45) is 1.48. The topological polar surface area (TPSA) is 55.1 Å². The molecule has 1 N–H and O–H groups in total. The summed E-state index contributed by atoms with van der Waals surface area (Å²) in [5, 5.41) is 9.75. The molecule has 0 spiro atoms. The van der Waals surface area contributed by atoms with Gasteiger partial charge in [-0.25, -0.2) is 9.37 Å². The number of thiophene rings is 1. The number of fused-ring (bicyclic) bond motifs is 1. The molecule has 120 valence electrons. The molecule has 7 heteroatoms. The minimum atomic E-state index is -0.248. The summed E-state index contributed by atoms with van der Waals surface area (Å²) in [7, 11) is 0. The molecule has 0 radical (unpaired) electrons. The fourth-order valence-corrected chi connectivity index (χ4v) is 3.41. The molecule has 24 heavy (non-hydrogen) atoms. The van der Waals surface area contributed by atoms with Crippen LogP contribution in [0.2, 0.25) is 0 Å². The fraction of sp³-hybridized carbons (Fsp3) is 0.118. The number of benzene rings is 1. The smallest absolute Gasteiger partial charge is 0.254 e. The molecular formula is C17H14FN5S. The van der Waals surface area contributed by atoms with Gasteiger partial charge in [-0.05, 0) is 36.1 Å². The molecule has 1 atom stereocenters. The first-order valence-corrected chi connectivity index (χ1v) is 8.31. The predicted molar refractivity (Wildman–Crippen MR) is 91.7 cm³/mol. The van der Waals surface area contributed by atoms with Gasteiger partial charge in [-0.1, -0.05) is 18.2 Å². The Bertz CT molecular complexity index is 962. The summed E-state index contributed by atoms with van der Waals surface area (Å²) in [6.45, 7) is 1.91. The van der Waals surface area contributed by atoms with Gasteiger partial charge in [0.1, 0.15) is 18.0 Å². The molecule has 1 unspecified atom stereocenters. The first-order chi connectivity index (χ1) is 11.7. The Morgan fingerprint density at radius 2 is 2.04 bits per heavy atom. The zero-order valence-corrected chi connectivity index (χ0v) is 13.7. The molecule has 0 amide bonds. The van der Waals surface area contributed by atoms with Gasteiger partial charge < -0.3 is 5.32 Å². The van der Waals surface area contributed by atoms with Gasteiger partial charge in [0.2, 0.25) is 0 Å². The standard InChI is InChI=1S/C17H14FN5S/c1-11-9-15(23-17(21-11)19-10-20-23)22-16(14-3-2-8-24-14)12-4-6-13(18)7-5-12/h2-10,16,22H,1H3. The number of hydrogen-bond acceptors (Lipinski definition) is 5. The summed E-state index contributed by atoms with van der Waals surface area (Å²) < 4.78 is 15.0. The number of rotatable bonds is 4. The number of hydrogen-bond donors (Lipinski definition) is 1. The van der Waals surface area contributed by atoms with E-state index in [0.717, 1.165) is 22.0 Å². The number of aromatic nitrogens is 4. The van der Waals surface area contributed by atoms with Crippen LogP contribution in [0.4, 0.5) is 10.2 Å². The highest BCUT2D eigenvalue weighted by atomic mass is 32.1. The van der Waals surface area contributed by atoms with E-state index in [1.807, 2.05) is 24.4 Å². The molecule has 0 saturated heterocycles. The molecule has 3 aromatic heterocycles. The zero-order chi connectivity index (χ0) is 16.5. The number of nitrogens with one attached hydrogen (secondary N) is 1. The second kappa shape index (κ2) is 6.01. The van der Waals surface area contributed by atoms with Crippen molar-refractivity contribution >= 4 is 22.9 Å². The van der Waals surface area contributed by atoms with Crippen LogP contribution in [-0.4, -0.2) is 19.6 Å². The first-order valence-electron chi connectivity index (χ1n) is 7.43. The van der Waals surface area contributed by atoms with Crippen molar-refractivity contribution in [3.63, 3.8) is 0 Å². The average Bonchev–Trinajstić information content (AvgIpc) is 3.24. The molecule has 0 aliphatic carbocycles. The second-order valence-corrected chi connectivity index (χ2v) is 6.38. The van der Waals surface area contributed by atoms with E-state index >= 15 is 0 Å². The van der Waals surface area contributed by atoms with Crippen molar-refractivity contribution in [2.75, 3.05) is 5.32 Å². The number of nitrogens with zero attached hydrogens (tertiary/aromatic N) is 4. The minimum absolute atomic E-state index is 0.111. The number of halogens is 1. The molecule has 0 fully saturated rings. The molecule has 0 saturated carbocycles. The summed E-state index contributed by atoms with van der Waals surface area (Å²) in [6, 6.07) is 12.4. The SMILES string of the molecule is Cc1cc(NC(c2ccc(F)cc2)c2cccs2)n2ncnc2n1. The van der Waals surface area contributed by atoms with E-state index < -0.39 is 0 Å². The van der Waals surface area contributed by atoms with Crippen LogP contribution in [0, 0.1) is 12.7 Å². The van der Waals surface area contributed by atoms with Crippen molar-refractivity contribution in [1.29, 1.82) is 0 Å². The summed E-state index contributed by atoms with van der Waals surface area (Å²) in [5.74, 6) is 1.08. The minimum Gasteiger partial charge on any atom is -0.358 e. The third-order valence-corrected chi connectivity index (χ3v) is 4.64. The van der Waals surface area contributed by atoms with Crippen molar-refractivity contribution in [3.05, 3.63) is 76.1 Å². The maximum atomic E-state index is 13.3. The molecule has 0 aliphatic heterocycles. The van der Waals surface area contributed by atoms with E-state index in [0.29, 0.717) is 5.78 Å². The summed E-state index contributed by atoms with van der Waals surface area (Å²) in [4.78, 5) is 9.63. The van der Waals surface area contributed by atoms with Gasteiger partial charge in [0.15, 0.2) is 0 Å². The van der Waals surface area contributed by atoms with Crippen LogP contribution in [-0.2, 0) is 0 Å². The van der Waals surface area contributed by atoms with Crippen LogP contribution in [0.15, 0.2) is 54.2 Å². The van der Waals surface area contributed by atoms with E-state index in [4.69, 9.17) is 0 Å². The van der Waals surface area contributed by atoms with Crippen LogP contribution in [0.25, 0.3) is 5.78 Å². The lowest BCUT2D eigenvalue weighted by molar-refractivity contribution is 0.626. The van der Waals surface area contributed by atoms with Crippen molar-refractivity contribution < 1.29 is 4.39 Å². The highest BCUT2D eigenvalue weighted by molar-refractivity contribution is 7.10. The highest BCUT2D eigenvalue weighted by Crippen LogP contribution is 2.30. The lowest BCUT2D eigenvalue weighted by Crippen LogP contribution is -2.14. The second-order valence-electron chi connectivity index (χ2n) is 5.40. The van der Waals surface area contributed by atoms with Gasteiger partial charge in [-0.2, -0.15) is 14.6 Å². The summed E-state index contributed by atoms with van der Waals surface area (Å²) >= 11 is 1.64. The Morgan fingerprint density at radius 1 is 1.21 bits per heavy atom. The van der Waals surface area contributed by atoms with Gasteiger partial charge in [-0.3, -0.25) is 0 Å². The van der Waals surface area contributed by atoms with Gasteiger partial charge in [0.05, 0.1) is 6.04 Å². The van der Waals surface area contributed by atoms with Crippen LogP contribution in [0.5, 0.6) is 0 Å². The van der Waals surface area contributed by atoms with E-state index in [1.54, 1.807) is 28.0 Å². The fourth-order valence-electron chi connectivity index (χ4n) is 2.61. The molecule has 0 bridgehead atoms. The van der Waals surface area contributed by atoms with Crippen LogP contribution < -0.4 is 5.32 Å². The molecular weight excluding hydrogens is 325 g/mol. The lowest BCUT2D eigenvalue weighted by Gasteiger charge is -2.20. The van der Waals surface area contributed by atoms with E-state index in [9.17, 15) is 4.39 Å². The van der Waals surface area contributed by atoms with E-state index in [2.05, 4.69) is 26.4 Å². The molecule has 5 nitrogen and oxygen atoms in total. The normalized spacial score (nSPS) is 12.4. The van der Waals surface area contributed by atoms with E-state index in [1.165, 1.54) is 18.5 Å². The van der Waals surface area contributed by atoms with Gasteiger partial charge >= 0.3 is 0 Å². The van der Waals surface area contributed by atoms with Crippen molar-refractivity contribution in [1.82, 2.24) is 19.6 Å². The quantitative estimate of drug-likeness (QED) is 0.614. The highest BCUT2D eigenvalue weighted by Gasteiger charge is 2.17. The van der Waals surface area contributed by atoms with Crippen molar-refractivity contribution in [2.24, 2.45) is 0 Å². The Hall–Kier alpha value is -2.80. The zero-order valence-electron chi connectivity index (χ0n) is 12.8. The van der Waals surface area contributed by atoms with Gasteiger partial charge in [-0.15, -0.1) is 11.3 Å². The summed E-state index contributed by atoms with van der Waals surface area (Å²) in [5.41, 5.74) is 1.82. The maximum Gasteiger partial charge on any atom is 0.254 e. The third kappa shape index (κ3) is 2.74. The average molecular weight is 339 g/mol. The maximum absolute atomic E-state index is 13.3. The Morgan fingerprint density at radius 3 is 2.79 bits per heavy atom. The number of aryl methyl sites for hydroxylation is 1. The monoisotopic (exact) mass is 339 g/mol. The first kappa shape index (κ1) is 14.8. The Kier molecular flexibility index (Phi) is 3.70. The molecule has 0 aliphatic rings. The lowest BCUT2D eigenvalue weighted by atomic mass is 10.1. The van der Waals surface area contributed by atoms with Crippen molar-refractivity contribution in [3.8, 4) is 0 Å². The molecule has 1 aromatic carbocycles. The molecule has 4 rings (SSSR count). The largest absolute Gasteiger partial charge is 0.358 e. The van der Waals surface area contributed by atoms with Crippen LogP contribution in [0.1, 0.15) is 22.2 Å². The van der Waals surface area contributed by atoms with Gasteiger partial charge in [0.25, 0.3) is 5.78 Å².